The Morgan fingerprint density at radius 1 is 0.486 bits per heavy atom. The highest BCUT2D eigenvalue weighted by Gasteiger charge is 2.14. The van der Waals surface area contributed by atoms with E-state index in [4.69, 9.17) is 9.84 Å². The van der Waals surface area contributed by atoms with Gasteiger partial charge in [0.05, 0.1) is 0 Å². The SMILES string of the molecule is CCCCCCCCCCCCCCC(=O)OC(CCCCCCCCCC)CCCCCCC(=O)O. The van der Waals surface area contributed by atoms with Gasteiger partial charge in [-0.25, -0.2) is 0 Å². The highest BCUT2D eigenvalue weighted by Crippen LogP contribution is 2.18. The van der Waals surface area contributed by atoms with E-state index in [1.807, 2.05) is 0 Å². The molecule has 37 heavy (non-hydrogen) atoms. The van der Waals surface area contributed by atoms with Crippen molar-refractivity contribution < 1.29 is 19.4 Å². The van der Waals surface area contributed by atoms with Gasteiger partial charge in [0.25, 0.3) is 0 Å². The number of hydrogen-bond donors (Lipinski definition) is 1. The average Bonchev–Trinajstić information content (AvgIpc) is 2.87. The van der Waals surface area contributed by atoms with E-state index in [-0.39, 0.29) is 18.5 Å². The van der Waals surface area contributed by atoms with Gasteiger partial charge in [-0.3, -0.25) is 9.59 Å². The molecule has 0 rings (SSSR count). The van der Waals surface area contributed by atoms with Gasteiger partial charge in [0, 0.05) is 12.8 Å². The number of hydrogen-bond acceptors (Lipinski definition) is 3. The molecule has 0 saturated heterocycles. The van der Waals surface area contributed by atoms with Gasteiger partial charge >= 0.3 is 11.9 Å². The van der Waals surface area contributed by atoms with Crippen LogP contribution in [-0.4, -0.2) is 23.1 Å². The third-order valence-corrected chi connectivity index (χ3v) is 7.58. The lowest BCUT2D eigenvalue weighted by Crippen LogP contribution is -2.18. The molecule has 0 saturated carbocycles. The molecule has 0 aliphatic carbocycles. The molecular formula is C33H64O4. The molecule has 0 bridgehead atoms. The zero-order valence-corrected chi connectivity index (χ0v) is 25.0. The molecule has 0 aliphatic heterocycles. The molecule has 0 aromatic heterocycles. The van der Waals surface area contributed by atoms with Crippen molar-refractivity contribution in [3.05, 3.63) is 0 Å². The van der Waals surface area contributed by atoms with E-state index in [1.54, 1.807) is 0 Å². The van der Waals surface area contributed by atoms with Gasteiger partial charge in [-0.15, -0.1) is 0 Å². The largest absolute Gasteiger partial charge is 0.481 e. The quantitative estimate of drug-likeness (QED) is 0.0749. The lowest BCUT2D eigenvalue weighted by molar-refractivity contribution is -0.150. The lowest BCUT2D eigenvalue weighted by atomic mass is 10.0. The van der Waals surface area contributed by atoms with Crippen molar-refractivity contribution in [1.82, 2.24) is 0 Å². The van der Waals surface area contributed by atoms with Crippen LogP contribution in [-0.2, 0) is 14.3 Å². The maximum atomic E-state index is 12.5. The Hall–Kier alpha value is -1.06. The minimum absolute atomic E-state index is 0.0116. The van der Waals surface area contributed by atoms with Crippen LogP contribution < -0.4 is 0 Å². The van der Waals surface area contributed by atoms with Crippen LogP contribution in [0.2, 0.25) is 0 Å². The normalized spacial score (nSPS) is 12.1. The molecule has 1 atom stereocenters. The molecule has 4 nitrogen and oxygen atoms in total. The fourth-order valence-electron chi connectivity index (χ4n) is 5.13. The third kappa shape index (κ3) is 29.4. The minimum Gasteiger partial charge on any atom is -0.481 e. The monoisotopic (exact) mass is 524 g/mol. The maximum Gasteiger partial charge on any atom is 0.306 e. The summed E-state index contributed by atoms with van der Waals surface area (Å²) in [6, 6.07) is 0. The molecule has 0 amide bonds. The summed E-state index contributed by atoms with van der Waals surface area (Å²) in [5.74, 6) is -0.721. The molecule has 0 aliphatic rings. The summed E-state index contributed by atoms with van der Waals surface area (Å²) in [7, 11) is 0. The van der Waals surface area contributed by atoms with E-state index in [1.165, 1.54) is 109 Å². The number of carboxylic acid groups (broad SMARTS) is 1. The van der Waals surface area contributed by atoms with E-state index in [9.17, 15) is 9.59 Å². The summed E-state index contributed by atoms with van der Waals surface area (Å²) in [5.41, 5.74) is 0. The van der Waals surface area contributed by atoms with E-state index >= 15 is 0 Å². The molecule has 1 unspecified atom stereocenters. The standard InChI is InChI=1S/C33H64O4/c1-3-5-7-9-11-13-14-15-16-18-20-26-30-33(36)37-31(28-24-21-22-25-29-32(34)35)27-23-19-17-12-10-8-6-4-2/h31H,3-30H2,1-2H3,(H,34,35). The van der Waals surface area contributed by atoms with Crippen LogP contribution in [0.5, 0.6) is 0 Å². The van der Waals surface area contributed by atoms with Crippen molar-refractivity contribution in [2.45, 2.75) is 200 Å². The molecular weight excluding hydrogens is 460 g/mol. The van der Waals surface area contributed by atoms with Gasteiger partial charge in [0.1, 0.15) is 6.10 Å². The molecule has 0 heterocycles. The molecule has 0 fully saturated rings. The van der Waals surface area contributed by atoms with Crippen LogP contribution >= 0.6 is 0 Å². The van der Waals surface area contributed by atoms with Crippen LogP contribution in [0, 0.1) is 0 Å². The molecule has 0 spiro atoms. The van der Waals surface area contributed by atoms with E-state index in [2.05, 4.69) is 13.8 Å². The van der Waals surface area contributed by atoms with Crippen molar-refractivity contribution in [3.8, 4) is 0 Å². The predicted molar refractivity (Wildman–Crippen MR) is 158 cm³/mol. The molecule has 4 heteroatoms. The summed E-state index contributed by atoms with van der Waals surface area (Å²) in [5, 5.41) is 8.79. The Morgan fingerprint density at radius 3 is 1.19 bits per heavy atom. The summed E-state index contributed by atoms with van der Waals surface area (Å²) >= 11 is 0. The fourth-order valence-corrected chi connectivity index (χ4v) is 5.13. The second kappa shape index (κ2) is 29.5. The second-order valence-corrected chi connectivity index (χ2v) is 11.4. The van der Waals surface area contributed by atoms with Crippen LogP contribution in [0.1, 0.15) is 194 Å². The highest BCUT2D eigenvalue weighted by molar-refractivity contribution is 5.69. The van der Waals surface area contributed by atoms with Crippen LogP contribution in [0.15, 0.2) is 0 Å². The smallest absolute Gasteiger partial charge is 0.306 e. The Balaban J connectivity index is 3.96. The van der Waals surface area contributed by atoms with Crippen molar-refractivity contribution in [1.29, 1.82) is 0 Å². The summed E-state index contributed by atoms with van der Waals surface area (Å²) in [6.07, 6.45) is 32.5. The number of unbranched alkanes of at least 4 members (excludes halogenated alkanes) is 21. The van der Waals surface area contributed by atoms with Gasteiger partial charge in [0.15, 0.2) is 0 Å². The zero-order valence-electron chi connectivity index (χ0n) is 25.0. The molecule has 1 N–H and O–H groups in total. The van der Waals surface area contributed by atoms with Gasteiger partial charge in [-0.05, 0) is 38.5 Å². The van der Waals surface area contributed by atoms with E-state index < -0.39 is 5.97 Å². The number of carbonyl (C=O) groups excluding carboxylic acids is 1. The Labute approximate surface area is 231 Å². The van der Waals surface area contributed by atoms with Gasteiger partial charge in [0.2, 0.25) is 0 Å². The number of carbonyl (C=O) groups is 2. The van der Waals surface area contributed by atoms with E-state index in [0.717, 1.165) is 57.8 Å². The maximum absolute atomic E-state index is 12.5. The summed E-state index contributed by atoms with van der Waals surface area (Å²) in [4.78, 5) is 23.2. The van der Waals surface area contributed by atoms with Crippen LogP contribution in [0.25, 0.3) is 0 Å². The third-order valence-electron chi connectivity index (χ3n) is 7.58. The van der Waals surface area contributed by atoms with Crippen molar-refractivity contribution in [2.24, 2.45) is 0 Å². The number of rotatable bonds is 30. The number of ether oxygens (including phenoxy) is 1. The van der Waals surface area contributed by atoms with Gasteiger partial charge < -0.3 is 9.84 Å². The topological polar surface area (TPSA) is 63.6 Å². The average molecular weight is 525 g/mol. The van der Waals surface area contributed by atoms with Gasteiger partial charge in [-0.2, -0.15) is 0 Å². The van der Waals surface area contributed by atoms with Crippen molar-refractivity contribution in [2.75, 3.05) is 0 Å². The zero-order chi connectivity index (χ0) is 27.2. The number of esters is 1. The fraction of sp³-hybridized carbons (Fsp3) is 0.939. The number of carboxylic acids is 1. The second-order valence-electron chi connectivity index (χ2n) is 11.4. The molecule has 0 radical (unpaired) electrons. The predicted octanol–water partition coefficient (Wildman–Crippen LogP) is 10.9. The molecule has 220 valence electrons. The Bertz CT molecular complexity index is 491. The van der Waals surface area contributed by atoms with E-state index in [0.29, 0.717) is 6.42 Å². The summed E-state index contributed by atoms with van der Waals surface area (Å²) in [6.45, 7) is 4.53. The van der Waals surface area contributed by atoms with Gasteiger partial charge in [-0.1, -0.05) is 142 Å². The molecule has 0 aromatic carbocycles. The molecule has 0 aromatic rings. The minimum atomic E-state index is -0.709. The first-order valence-corrected chi connectivity index (χ1v) is 16.5. The van der Waals surface area contributed by atoms with Crippen LogP contribution in [0.3, 0.4) is 0 Å². The highest BCUT2D eigenvalue weighted by atomic mass is 16.5. The first-order chi connectivity index (χ1) is 18.1. The van der Waals surface area contributed by atoms with Crippen molar-refractivity contribution >= 4 is 11.9 Å². The summed E-state index contributed by atoms with van der Waals surface area (Å²) < 4.78 is 5.92. The number of aliphatic carboxylic acids is 1. The van der Waals surface area contributed by atoms with Crippen molar-refractivity contribution in [3.63, 3.8) is 0 Å². The Morgan fingerprint density at radius 2 is 0.811 bits per heavy atom. The first kappa shape index (κ1) is 35.9. The first-order valence-electron chi connectivity index (χ1n) is 16.5. The Kier molecular flexibility index (Phi) is 28.7. The van der Waals surface area contributed by atoms with Crippen LogP contribution in [0.4, 0.5) is 0 Å². The lowest BCUT2D eigenvalue weighted by Gasteiger charge is -2.18.